The first kappa shape index (κ1) is 17.4. The molecule has 0 saturated carbocycles. The summed E-state index contributed by atoms with van der Waals surface area (Å²) in [5.41, 5.74) is 3.91. The molecule has 3 N–H and O–H groups in total. The first-order valence-corrected chi connectivity index (χ1v) is 8.32. The molecule has 2 aromatic carbocycles. The lowest BCUT2D eigenvalue weighted by atomic mass is 10.1. The number of benzene rings is 2. The van der Waals surface area contributed by atoms with E-state index in [0.717, 1.165) is 27.0 Å². The van der Waals surface area contributed by atoms with E-state index < -0.39 is 0 Å². The van der Waals surface area contributed by atoms with Gasteiger partial charge in [0.2, 0.25) is 5.91 Å². The van der Waals surface area contributed by atoms with Crippen LogP contribution in [-0.4, -0.2) is 17.6 Å². The topological polar surface area (TPSA) is 53.2 Å². The smallest absolute Gasteiger partial charge is 0.243 e. The number of nitrogens with one attached hydrogen (secondary N) is 3. The molecule has 0 aliphatic heterocycles. The number of carbonyl (C=O) groups excluding carboxylic acids is 1. The van der Waals surface area contributed by atoms with Crippen LogP contribution in [0.5, 0.6) is 0 Å². The van der Waals surface area contributed by atoms with Crippen LogP contribution in [0.4, 0.5) is 11.4 Å². The fourth-order valence-electron chi connectivity index (χ4n) is 1.95. The van der Waals surface area contributed by atoms with Crippen molar-refractivity contribution in [3.05, 3.63) is 58.1 Å². The normalized spacial score (nSPS) is 10.0. The largest absolute Gasteiger partial charge is 0.353 e. The van der Waals surface area contributed by atoms with Crippen LogP contribution in [0.15, 0.2) is 46.9 Å². The third-order valence-electron chi connectivity index (χ3n) is 3.20. The number of carbonyl (C=O) groups is 1. The van der Waals surface area contributed by atoms with Crippen LogP contribution >= 0.6 is 28.1 Å². The standard InChI is InChI=1S/C17H18BrN3OS/c1-11-7-8-12(2)15(9-11)21-17(23)19-10-16(22)20-14-6-4-3-5-13(14)18/h3-9H,10H2,1-2H3,(H,20,22)(H2,19,21,23). The Kier molecular flexibility index (Phi) is 6.12. The zero-order valence-electron chi connectivity index (χ0n) is 12.9. The van der Waals surface area contributed by atoms with Gasteiger partial charge in [-0.1, -0.05) is 24.3 Å². The molecule has 0 bridgehead atoms. The van der Waals surface area contributed by atoms with Crippen LogP contribution in [0, 0.1) is 13.8 Å². The summed E-state index contributed by atoms with van der Waals surface area (Å²) < 4.78 is 0.837. The van der Waals surface area contributed by atoms with Gasteiger partial charge in [-0.2, -0.15) is 0 Å². The lowest BCUT2D eigenvalue weighted by Gasteiger charge is -2.13. The predicted octanol–water partition coefficient (Wildman–Crippen LogP) is 3.99. The molecule has 0 radical (unpaired) electrons. The third kappa shape index (κ3) is 5.33. The first-order valence-electron chi connectivity index (χ1n) is 7.12. The van der Waals surface area contributed by atoms with Gasteiger partial charge in [0, 0.05) is 10.2 Å². The fourth-order valence-corrected chi connectivity index (χ4v) is 2.52. The monoisotopic (exact) mass is 391 g/mol. The molecule has 2 rings (SSSR count). The van der Waals surface area contributed by atoms with Gasteiger partial charge in [0.1, 0.15) is 0 Å². The van der Waals surface area contributed by atoms with Crippen LogP contribution in [0.3, 0.4) is 0 Å². The second-order valence-corrected chi connectivity index (χ2v) is 6.42. The number of rotatable bonds is 4. The van der Waals surface area contributed by atoms with Crippen molar-refractivity contribution in [3.63, 3.8) is 0 Å². The number of halogens is 1. The number of hydrogen-bond donors (Lipinski definition) is 3. The van der Waals surface area contributed by atoms with E-state index in [0.29, 0.717) is 5.11 Å². The highest BCUT2D eigenvalue weighted by Gasteiger charge is 2.07. The van der Waals surface area contributed by atoms with Gasteiger partial charge in [-0.15, -0.1) is 0 Å². The maximum absolute atomic E-state index is 12.0. The van der Waals surface area contributed by atoms with E-state index in [4.69, 9.17) is 12.2 Å². The lowest BCUT2D eigenvalue weighted by molar-refractivity contribution is -0.115. The minimum absolute atomic E-state index is 0.0953. The van der Waals surface area contributed by atoms with E-state index in [1.807, 2.05) is 56.3 Å². The van der Waals surface area contributed by atoms with Crippen molar-refractivity contribution in [1.82, 2.24) is 5.32 Å². The average molecular weight is 392 g/mol. The quantitative estimate of drug-likeness (QED) is 0.689. The van der Waals surface area contributed by atoms with E-state index in [1.54, 1.807) is 0 Å². The lowest BCUT2D eigenvalue weighted by Crippen LogP contribution is -2.35. The second-order valence-electron chi connectivity index (χ2n) is 5.15. The van der Waals surface area contributed by atoms with E-state index in [-0.39, 0.29) is 12.5 Å². The highest BCUT2D eigenvalue weighted by atomic mass is 79.9. The van der Waals surface area contributed by atoms with Crippen molar-refractivity contribution < 1.29 is 4.79 Å². The van der Waals surface area contributed by atoms with Crippen molar-refractivity contribution in [2.45, 2.75) is 13.8 Å². The molecule has 0 saturated heterocycles. The van der Waals surface area contributed by atoms with E-state index in [9.17, 15) is 4.79 Å². The van der Waals surface area contributed by atoms with Gasteiger partial charge in [-0.3, -0.25) is 4.79 Å². The zero-order chi connectivity index (χ0) is 16.8. The Balaban J connectivity index is 1.85. The maximum atomic E-state index is 12.0. The molecule has 120 valence electrons. The van der Waals surface area contributed by atoms with E-state index in [1.165, 1.54) is 0 Å². The summed E-state index contributed by atoms with van der Waals surface area (Å²) in [5, 5.41) is 9.25. The molecular weight excluding hydrogens is 374 g/mol. The summed E-state index contributed by atoms with van der Waals surface area (Å²) in [6.07, 6.45) is 0. The Hall–Kier alpha value is -1.92. The SMILES string of the molecule is Cc1ccc(C)c(NC(=S)NCC(=O)Nc2ccccc2Br)c1. The molecule has 23 heavy (non-hydrogen) atoms. The van der Waals surface area contributed by atoms with Crippen molar-refractivity contribution in [3.8, 4) is 0 Å². The molecule has 6 heteroatoms. The van der Waals surface area contributed by atoms with Gasteiger partial charge in [0.25, 0.3) is 0 Å². The van der Waals surface area contributed by atoms with Gasteiger partial charge < -0.3 is 16.0 Å². The molecule has 0 heterocycles. The molecule has 0 fully saturated rings. The minimum Gasteiger partial charge on any atom is -0.353 e. The van der Waals surface area contributed by atoms with Crippen LogP contribution in [0.1, 0.15) is 11.1 Å². The van der Waals surface area contributed by atoms with Gasteiger partial charge in [0.15, 0.2) is 5.11 Å². The Morgan fingerprint density at radius 2 is 1.83 bits per heavy atom. The van der Waals surface area contributed by atoms with Crippen molar-refractivity contribution >= 4 is 50.5 Å². The molecule has 4 nitrogen and oxygen atoms in total. The molecule has 2 aromatic rings. The highest BCUT2D eigenvalue weighted by molar-refractivity contribution is 9.10. The van der Waals surface area contributed by atoms with E-state index >= 15 is 0 Å². The number of thiocarbonyl (C=S) groups is 1. The average Bonchev–Trinajstić information content (AvgIpc) is 2.51. The maximum Gasteiger partial charge on any atom is 0.243 e. The van der Waals surface area contributed by atoms with E-state index in [2.05, 4.69) is 31.9 Å². The Morgan fingerprint density at radius 3 is 2.57 bits per heavy atom. The predicted molar refractivity (Wildman–Crippen MR) is 103 cm³/mol. The Labute approximate surface area is 149 Å². The summed E-state index contributed by atoms with van der Waals surface area (Å²) >= 11 is 8.63. The molecule has 0 aliphatic carbocycles. The minimum atomic E-state index is -0.165. The molecule has 1 amide bonds. The number of para-hydroxylation sites is 1. The summed E-state index contributed by atoms with van der Waals surface area (Å²) in [6, 6.07) is 13.5. The van der Waals surface area contributed by atoms with Crippen LogP contribution < -0.4 is 16.0 Å². The third-order valence-corrected chi connectivity index (χ3v) is 4.14. The van der Waals surface area contributed by atoms with Crippen LogP contribution in [-0.2, 0) is 4.79 Å². The van der Waals surface area contributed by atoms with Gasteiger partial charge >= 0.3 is 0 Å². The van der Waals surface area contributed by atoms with Gasteiger partial charge in [-0.05, 0) is 71.3 Å². The molecule has 0 aliphatic rings. The van der Waals surface area contributed by atoms with Crippen molar-refractivity contribution in [2.24, 2.45) is 0 Å². The van der Waals surface area contributed by atoms with Crippen molar-refractivity contribution in [2.75, 3.05) is 17.2 Å². The molecular formula is C17H18BrN3OS. The number of anilines is 2. The number of aryl methyl sites for hydroxylation is 2. The molecule has 0 unspecified atom stereocenters. The number of amides is 1. The zero-order valence-corrected chi connectivity index (χ0v) is 15.3. The Morgan fingerprint density at radius 1 is 1.09 bits per heavy atom. The highest BCUT2D eigenvalue weighted by Crippen LogP contribution is 2.20. The molecule has 0 spiro atoms. The van der Waals surface area contributed by atoms with Gasteiger partial charge in [0.05, 0.1) is 12.2 Å². The molecule has 0 atom stereocenters. The summed E-state index contributed by atoms with van der Waals surface area (Å²) in [5.74, 6) is -0.165. The van der Waals surface area contributed by atoms with Gasteiger partial charge in [-0.25, -0.2) is 0 Å². The summed E-state index contributed by atoms with van der Waals surface area (Å²) in [4.78, 5) is 12.0. The fraction of sp³-hybridized carbons (Fsp3) is 0.176. The first-order chi connectivity index (χ1) is 11.0. The second kappa shape index (κ2) is 8.08. The Bertz CT molecular complexity index is 734. The van der Waals surface area contributed by atoms with Crippen LogP contribution in [0.25, 0.3) is 0 Å². The summed E-state index contributed by atoms with van der Waals surface area (Å²) in [7, 11) is 0. The number of hydrogen-bond acceptors (Lipinski definition) is 2. The van der Waals surface area contributed by atoms with Crippen LogP contribution in [0.2, 0.25) is 0 Å². The summed E-state index contributed by atoms with van der Waals surface area (Å²) in [6.45, 7) is 4.12. The van der Waals surface area contributed by atoms with Crippen molar-refractivity contribution in [1.29, 1.82) is 0 Å². The molecule has 0 aromatic heterocycles.